The maximum Gasteiger partial charge on any atom is 0.309 e. The lowest BCUT2D eigenvalue weighted by Gasteiger charge is -2.16. The van der Waals surface area contributed by atoms with E-state index in [1.807, 2.05) is 13.0 Å². The fourth-order valence-corrected chi connectivity index (χ4v) is 2.97. The normalized spacial score (nSPS) is 10.8. The summed E-state index contributed by atoms with van der Waals surface area (Å²) in [5.74, 6) is -0.745. The molecular weight excluding hydrogens is 430 g/mol. The third-order valence-electron chi connectivity index (χ3n) is 5.85. The van der Waals surface area contributed by atoms with Crippen molar-refractivity contribution >= 4 is 34.8 Å². The lowest BCUT2D eigenvalue weighted by atomic mass is 9.91. The Balaban J connectivity index is 0.00000116. The van der Waals surface area contributed by atoms with Crippen molar-refractivity contribution in [1.29, 1.82) is 0 Å². The van der Waals surface area contributed by atoms with Gasteiger partial charge in [0.05, 0.1) is 5.41 Å². The van der Waals surface area contributed by atoms with E-state index in [2.05, 4.69) is 31.4 Å². The monoisotopic (exact) mass is 477 g/mol. The smallest absolute Gasteiger partial charge is 0.309 e. The van der Waals surface area contributed by atoms with Gasteiger partial charge in [0.15, 0.2) is 0 Å². The van der Waals surface area contributed by atoms with Crippen LogP contribution in [0.2, 0.25) is 0 Å². The summed E-state index contributed by atoms with van der Waals surface area (Å²) in [4.78, 5) is 34.5. The molecule has 5 N–H and O–H groups in total. The first-order valence-electron chi connectivity index (χ1n) is 12.8. The van der Waals surface area contributed by atoms with E-state index in [0.29, 0.717) is 30.6 Å². The highest BCUT2D eigenvalue weighted by Gasteiger charge is 2.23. The van der Waals surface area contributed by atoms with Crippen LogP contribution in [0.15, 0.2) is 12.1 Å². The molecule has 0 saturated carbocycles. The number of hydrogen-bond acceptors (Lipinski definition) is 4. The number of carboxylic acids is 1. The van der Waals surface area contributed by atoms with Gasteiger partial charge in [-0.1, -0.05) is 53.4 Å². The zero-order chi connectivity index (χ0) is 26.1. The number of unbranched alkanes of at least 4 members (excludes halogenated alkanes) is 4. The minimum Gasteiger partial charge on any atom is -0.481 e. The lowest BCUT2D eigenvalue weighted by molar-refractivity contribution is -0.147. The van der Waals surface area contributed by atoms with Gasteiger partial charge in [-0.2, -0.15) is 0 Å². The molecule has 7 nitrogen and oxygen atoms in total. The summed E-state index contributed by atoms with van der Waals surface area (Å²) in [6.45, 7) is 11.6. The highest BCUT2D eigenvalue weighted by atomic mass is 16.4. The largest absolute Gasteiger partial charge is 0.481 e. The molecule has 0 fully saturated rings. The Morgan fingerprint density at radius 3 is 1.82 bits per heavy atom. The minimum atomic E-state index is -0.722. The minimum absolute atomic E-state index is 0.00236. The zero-order valence-corrected chi connectivity index (χ0v) is 22.2. The molecule has 0 bridgehead atoms. The van der Waals surface area contributed by atoms with Gasteiger partial charge in [-0.25, -0.2) is 0 Å². The first-order chi connectivity index (χ1) is 16.0. The maximum absolute atomic E-state index is 12.2. The summed E-state index contributed by atoms with van der Waals surface area (Å²) in [6.07, 6.45) is 9.46. The number of hydrogen-bond donors (Lipinski definition) is 4. The summed E-state index contributed by atoms with van der Waals surface area (Å²) in [7, 11) is 0. The van der Waals surface area contributed by atoms with Crippen LogP contribution in [-0.2, 0) is 20.8 Å². The summed E-state index contributed by atoms with van der Waals surface area (Å²) < 4.78 is 0. The van der Waals surface area contributed by atoms with Gasteiger partial charge in [0.2, 0.25) is 11.8 Å². The van der Waals surface area contributed by atoms with E-state index in [9.17, 15) is 14.4 Å². The lowest BCUT2D eigenvalue weighted by Crippen LogP contribution is -2.21. The molecule has 7 heteroatoms. The Kier molecular flexibility index (Phi) is 15.7. The number of carboxylic acid groups (broad SMARTS) is 1. The molecule has 0 unspecified atom stereocenters. The van der Waals surface area contributed by atoms with Gasteiger partial charge >= 0.3 is 5.97 Å². The molecule has 0 aliphatic rings. The van der Waals surface area contributed by atoms with Crippen molar-refractivity contribution in [3.05, 3.63) is 17.7 Å². The average molecular weight is 478 g/mol. The number of rotatable bonds is 14. The van der Waals surface area contributed by atoms with Crippen molar-refractivity contribution in [2.75, 3.05) is 16.4 Å². The molecule has 1 aromatic carbocycles. The third-order valence-corrected chi connectivity index (χ3v) is 5.85. The maximum atomic E-state index is 12.2. The molecule has 0 heterocycles. The molecule has 194 valence electrons. The molecular formula is C27H47N3O4. The van der Waals surface area contributed by atoms with Gasteiger partial charge in [0.1, 0.15) is 0 Å². The third kappa shape index (κ3) is 12.6. The molecule has 0 saturated heterocycles. The van der Waals surface area contributed by atoms with Crippen molar-refractivity contribution in [3.63, 3.8) is 0 Å². The van der Waals surface area contributed by atoms with E-state index in [1.54, 1.807) is 19.9 Å². The van der Waals surface area contributed by atoms with E-state index in [4.69, 9.17) is 10.8 Å². The van der Waals surface area contributed by atoms with Crippen LogP contribution >= 0.6 is 0 Å². The highest BCUT2D eigenvalue weighted by molar-refractivity contribution is 5.96. The first-order valence-corrected chi connectivity index (χ1v) is 12.8. The van der Waals surface area contributed by atoms with E-state index in [0.717, 1.165) is 62.6 Å². The number of carbonyl (C=O) groups excluding carboxylic acids is 2. The predicted octanol–water partition coefficient (Wildman–Crippen LogP) is 6.77. The molecule has 0 aliphatic carbocycles. The van der Waals surface area contributed by atoms with Crippen molar-refractivity contribution in [3.8, 4) is 0 Å². The van der Waals surface area contributed by atoms with E-state index >= 15 is 0 Å². The number of anilines is 3. The van der Waals surface area contributed by atoms with Crippen LogP contribution in [-0.4, -0.2) is 22.9 Å². The Morgan fingerprint density at radius 1 is 0.853 bits per heavy atom. The number of nitrogens with two attached hydrogens (primary N) is 1. The topological polar surface area (TPSA) is 122 Å². The van der Waals surface area contributed by atoms with Crippen LogP contribution in [0.1, 0.15) is 111 Å². The fraction of sp³-hybridized carbons (Fsp3) is 0.667. The second-order valence-electron chi connectivity index (χ2n) is 9.39. The SMILES string of the molecule is CCC(C)(C)C(=O)O.CCCCCc1c(N)cc(NC(=O)CCCC)cc1NC(=O)CCCC. The van der Waals surface area contributed by atoms with Crippen LogP contribution in [0.5, 0.6) is 0 Å². The Labute approximate surface area is 206 Å². The predicted molar refractivity (Wildman–Crippen MR) is 142 cm³/mol. The van der Waals surface area contributed by atoms with Gasteiger partial charge in [-0.3, -0.25) is 14.4 Å². The van der Waals surface area contributed by atoms with E-state index < -0.39 is 11.4 Å². The molecule has 0 aliphatic heterocycles. The Morgan fingerprint density at radius 2 is 1.38 bits per heavy atom. The summed E-state index contributed by atoms with van der Waals surface area (Å²) in [5, 5.41) is 14.3. The van der Waals surface area contributed by atoms with Gasteiger partial charge in [-0.05, 0) is 63.6 Å². The average Bonchev–Trinajstić information content (AvgIpc) is 2.78. The van der Waals surface area contributed by atoms with E-state index in [1.165, 1.54) is 0 Å². The highest BCUT2D eigenvalue weighted by Crippen LogP contribution is 2.30. The number of nitrogen functional groups attached to an aromatic ring is 1. The Bertz CT molecular complexity index is 775. The van der Waals surface area contributed by atoms with Crippen molar-refractivity contribution < 1.29 is 19.5 Å². The summed E-state index contributed by atoms with van der Waals surface area (Å²) >= 11 is 0. The molecule has 0 aromatic heterocycles. The van der Waals surface area contributed by atoms with Gasteiger partial charge in [0, 0.05) is 29.9 Å². The summed E-state index contributed by atoms with van der Waals surface area (Å²) in [6, 6.07) is 3.64. The Hall–Kier alpha value is -2.57. The molecule has 0 radical (unpaired) electrons. The van der Waals surface area contributed by atoms with Crippen LogP contribution in [0.4, 0.5) is 17.1 Å². The number of nitrogens with one attached hydrogen (secondary N) is 2. The van der Waals surface area contributed by atoms with Crippen molar-refractivity contribution in [2.24, 2.45) is 5.41 Å². The first kappa shape index (κ1) is 31.4. The van der Waals surface area contributed by atoms with Crippen molar-refractivity contribution in [1.82, 2.24) is 0 Å². The van der Waals surface area contributed by atoms with Gasteiger partial charge in [-0.15, -0.1) is 0 Å². The van der Waals surface area contributed by atoms with Crippen molar-refractivity contribution in [2.45, 2.75) is 112 Å². The second-order valence-corrected chi connectivity index (χ2v) is 9.39. The van der Waals surface area contributed by atoms with Crippen LogP contribution in [0.25, 0.3) is 0 Å². The standard InChI is InChI=1S/C21H35N3O2.C6H12O2/c1-4-7-10-11-17-18(22)14-16(23-20(25)12-8-5-2)15-19(17)24-21(26)13-9-6-3;1-4-6(2,3)5(7)8/h14-15H,4-13,22H2,1-3H3,(H,23,25)(H,24,26);4H2,1-3H3,(H,7,8). The van der Waals surface area contributed by atoms with Crippen LogP contribution < -0.4 is 16.4 Å². The fourth-order valence-electron chi connectivity index (χ4n) is 2.97. The van der Waals surface area contributed by atoms with E-state index in [-0.39, 0.29) is 11.8 Å². The molecule has 1 aromatic rings. The number of carbonyl (C=O) groups is 3. The van der Waals surface area contributed by atoms with Crippen LogP contribution in [0, 0.1) is 5.41 Å². The van der Waals surface area contributed by atoms with Gasteiger partial charge in [0.25, 0.3) is 0 Å². The quantitative estimate of drug-likeness (QED) is 0.174. The molecule has 34 heavy (non-hydrogen) atoms. The molecule has 0 atom stereocenters. The number of amides is 2. The number of aliphatic carboxylic acids is 1. The molecule has 0 spiro atoms. The molecule has 1 rings (SSSR count). The van der Waals surface area contributed by atoms with Gasteiger partial charge < -0.3 is 21.5 Å². The van der Waals surface area contributed by atoms with Crippen LogP contribution in [0.3, 0.4) is 0 Å². The second kappa shape index (κ2) is 17.0. The number of benzene rings is 1. The summed E-state index contributed by atoms with van der Waals surface area (Å²) in [5.41, 5.74) is 8.68. The molecule has 2 amide bonds. The zero-order valence-electron chi connectivity index (χ0n) is 22.2.